The Bertz CT molecular complexity index is 115. The molecule has 0 saturated heterocycles. The SMILES string of the molecule is O=NC1CCCCCCCCC1. The van der Waals surface area contributed by atoms with Crippen LogP contribution in [0.5, 0.6) is 0 Å². The third-order valence-corrected chi connectivity index (χ3v) is 2.72. The Morgan fingerprint density at radius 1 is 0.750 bits per heavy atom. The summed E-state index contributed by atoms with van der Waals surface area (Å²) in [6, 6.07) is 0.128. The van der Waals surface area contributed by atoms with Gasteiger partial charge >= 0.3 is 0 Å². The third kappa shape index (κ3) is 3.84. The van der Waals surface area contributed by atoms with Crippen LogP contribution in [0.4, 0.5) is 0 Å². The number of nitroso groups, excluding NO2 is 1. The third-order valence-electron chi connectivity index (χ3n) is 2.72. The summed E-state index contributed by atoms with van der Waals surface area (Å²) in [7, 11) is 0. The van der Waals surface area contributed by atoms with Crippen molar-refractivity contribution in [2.75, 3.05) is 0 Å². The van der Waals surface area contributed by atoms with E-state index in [1.165, 1.54) is 44.9 Å². The molecule has 1 rings (SSSR count). The average molecular weight is 169 g/mol. The van der Waals surface area contributed by atoms with Crippen molar-refractivity contribution in [3.05, 3.63) is 4.91 Å². The van der Waals surface area contributed by atoms with E-state index < -0.39 is 0 Å². The van der Waals surface area contributed by atoms with Crippen molar-refractivity contribution in [2.45, 2.75) is 63.8 Å². The molecule has 0 atom stereocenters. The molecular weight excluding hydrogens is 150 g/mol. The van der Waals surface area contributed by atoms with E-state index in [9.17, 15) is 4.91 Å². The van der Waals surface area contributed by atoms with Crippen molar-refractivity contribution in [3.8, 4) is 0 Å². The quantitative estimate of drug-likeness (QED) is 0.551. The maximum absolute atomic E-state index is 10.4. The van der Waals surface area contributed by atoms with Gasteiger partial charge in [-0.3, -0.25) is 0 Å². The first-order chi connectivity index (χ1) is 5.93. The molecule has 1 aliphatic rings. The van der Waals surface area contributed by atoms with E-state index in [-0.39, 0.29) is 6.04 Å². The Balaban J connectivity index is 2.21. The molecule has 0 aromatic carbocycles. The minimum absolute atomic E-state index is 0.128. The van der Waals surface area contributed by atoms with Gasteiger partial charge in [-0.2, -0.15) is 4.91 Å². The zero-order chi connectivity index (χ0) is 8.65. The van der Waals surface area contributed by atoms with Gasteiger partial charge in [0.1, 0.15) is 0 Å². The molecule has 2 nitrogen and oxygen atoms in total. The minimum Gasteiger partial charge on any atom is -0.151 e. The zero-order valence-electron chi connectivity index (χ0n) is 7.80. The van der Waals surface area contributed by atoms with Gasteiger partial charge in [0.25, 0.3) is 0 Å². The second-order valence-electron chi connectivity index (χ2n) is 3.81. The molecule has 0 aliphatic heterocycles. The van der Waals surface area contributed by atoms with Crippen LogP contribution in [-0.2, 0) is 0 Å². The normalized spacial score (nSPS) is 23.3. The van der Waals surface area contributed by atoms with E-state index >= 15 is 0 Å². The fourth-order valence-corrected chi connectivity index (χ4v) is 1.89. The van der Waals surface area contributed by atoms with Gasteiger partial charge in [0.05, 0.1) is 6.04 Å². The summed E-state index contributed by atoms with van der Waals surface area (Å²) in [4.78, 5) is 10.4. The molecule has 0 radical (unpaired) electrons. The van der Waals surface area contributed by atoms with Gasteiger partial charge in [0, 0.05) is 0 Å². The van der Waals surface area contributed by atoms with Crippen LogP contribution in [0.2, 0.25) is 0 Å². The first kappa shape index (κ1) is 9.69. The lowest BCUT2D eigenvalue weighted by atomic mass is 9.98. The number of hydrogen-bond acceptors (Lipinski definition) is 2. The van der Waals surface area contributed by atoms with Crippen molar-refractivity contribution >= 4 is 0 Å². The van der Waals surface area contributed by atoms with Crippen LogP contribution in [0.25, 0.3) is 0 Å². The molecule has 1 fully saturated rings. The summed E-state index contributed by atoms with van der Waals surface area (Å²) >= 11 is 0. The van der Waals surface area contributed by atoms with Crippen LogP contribution >= 0.6 is 0 Å². The van der Waals surface area contributed by atoms with E-state index in [4.69, 9.17) is 0 Å². The van der Waals surface area contributed by atoms with Crippen LogP contribution in [0.1, 0.15) is 57.8 Å². The fraction of sp³-hybridized carbons (Fsp3) is 1.00. The Labute approximate surface area is 74.7 Å². The van der Waals surface area contributed by atoms with Gasteiger partial charge in [0.2, 0.25) is 0 Å². The summed E-state index contributed by atoms with van der Waals surface area (Å²) < 4.78 is 0. The van der Waals surface area contributed by atoms with Crippen molar-refractivity contribution < 1.29 is 0 Å². The van der Waals surface area contributed by atoms with Crippen molar-refractivity contribution in [2.24, 2.45) is 5.18 Å². The summed E-state index contributed by atoms with van der Waals surface area (Å²) in [6.45, 7) is 0. The summed E-state index contributed by atoms with van der Waals surface area (Å²) in [5, 5.41) is 3.17. The molecule has 12 heavy (non-hydrogen) atoms. The number of hydrogen-bond donors (Lipinski definition) is 0. The van der Waals surface area contributed by atoms with E-state index in [1.54, 1.807) is 0 Å². The van der Waals surface area contributed by atoms with Gasteiger partial charge in [-0.25, -0.2) is 0 Å². The predicted molar refractivity (Wildman–Crippen MR) is 51.1 cm³/mol. The standard InChI is InChI=1S/C10H19NO/c12-11-10-8-6-4-2-1-3-5-7-9-10/h10H,1-9H2. The maximum Gasteiger partial charge on any atom is 0.0919 e. The summed E-state index contributed by atoms with van der Waals surface area (Å²) in [5.74, 6) is 0. The average Bonchev–Trinajstić information content (AvgIpc) is 2.14. The smallest absolute Gasteiger partial charge is 0.0919 e. The first-order valence-corrected chi connectivity index (χ1v) is 5.26. The second-order valence-corrected chi connectivity index (χ2v) is 3.81. The van der Waals surface area contributed by atoms with Gasteiger partial charge in [-0.05, 0) is 12.8 Å². The largest absolute Gasteiger partial charge is 0.151 e. The molecule has 0 heterocycles. The van der Waals surface area contributed by atoms with Crippen LogP contribution in [-0.4, -0.2) is 6.04 Å². The number of nitrogens with zero attached hydrogens (tertiary/aromatic N) is 1. The highest BCUT2D eigenvalue weighted by Crippen LogP contribution is 2.18. The van der Waals surface area contributed by atoms with E-state index in [1.807, 2.05) is 0 Å². The molecule has 0 bridgehead atoms. The predicted octanol–water partition coefficient (Wildman–Crippen LogP) is 3.65. The van der Waals surface area contributed by atoms with Gasteiger partial charge in [0.15, 0.2) is 0 Å². The lowest BCUT2D eigenvalue weighted by Crippen LogP contribution is -2.04. The molecule has 0 aromatic heterocycles. The molecule has 0 N–H and O–H groups in total. The molecule has 0 spiro atoms. The molecule has 0 unspecified atom stereocenters. The summed E-state index contributed by atoms with van der Waals surface area (Å²) in [5.41, 5.74) is 0. The fourth-order valence-electron chi connectivity index (χ4n) is 1.89. The van der Waals surface area contributed by atoms with E-state index in [0.717, 1.165) is 12.8 Å². The van der Waals surface area contributed by atoms with Crippen LogP contribution in [0.3, 0.4) is 0 Å². The highest BCUT2D eigenvalue weighted by molar-refractivity contribution is 4.66. The lowest BCUT2D eigenvalue weighted by Gasteiger charge is -2.10. The van der Waals surface area contributed by atoms with Crippen molar-refractivity contribution in [1.29, 1.82) is 0 Å². The molecule has 70 valence electrons. The van der Waals surface area contributed by atoms with Crippen molar-refractivity contribution in [1.82, 2.24) is 0 Å². The zero-order valence-corrected chi connectivity index (χ0v) is 7.80. The molecular formula is C10H19NO. The van der Waals surface area contributed by atoms with E-state index in [0.29, 0.717) is 0 Å². The monoisotopic (exact) mass is 169 g/mol. The maximum atomic E-state index is 10.4. The van der Waals surface area contributed by atoms with Gasteiger partial charge < -0.3 is 0 Å². The summed E-state index contributed by atoms with van der Waals surface area (Å²) in [6.07, 6.45) is 11.2. The van der Waals surface area contributed by atoms with E-state index in [2.05, 4.69) is 5.18 Å². The minimum atomic E-state index is 0.128. The van der Waals surface area contributed by atoms with Crippen molar-refractivity contribution in [3.63, 3.8) is 0 Å². The lowest BCUT2D eigenvalue weighted by molar-refractivity contribution is 0.460. The highest BCUT2D eigenvalue weighted by atomic mass is 16.3. The Kier molecular flexibility index (Phi) is 4.97. The van der Waals surface area contributed by atoms with Crippen LogP contribution in [0, 0.1) is 4.91 Å². The highest BCUT2D eigenvalue weighted by Gasteiger charge is 2.08. The van der Waals surface area contributed by atoms with Crippen LogP contribution < -0.4 is 0 Å². The van der Waals surface area contributed by atoms with Gasteiger partial charge in [-0.1, -0.05) is 50.1 Å². The Morgan fingerprint density at radius 2 is 1.17 bits per heavy atom. The molecule has 0 amide bonds. The molecule has 1 aliphatic carbocycles. The Hall–Kier alpha value is -0.400. The molecule has 2 heteroatoms. The van der Waals surface area contributed by atoms with Gasteiger partial charge in [-0.15, -0.1) is 0 Å². The van der Waals surface area contributed by atoms with Crippen LogP contribution in [0.15, 0.2) is 5.18 Å². The number of rotatable bonds is 1. The second kappa shape index (κ2) is 6.15. The molecule has 1 saturated carbocycles. The Morgan fingerprint density at radius 3 is 1.58 bits per heavy atom. The first-order valence-electron chi connectivity index (χ1n) is 5.26. The molecule has 0 aromatic rings. The topological polar surface area (TPSA) is 29.4 Å².